The van der Waals surface area contributed by atoms with Gasteiger partial charge < -0.3 is 15.0 Å². The fourth-order valence-electron chi connectivity index (χ4n) is 3.41. The van der Waals surface area contributed by atoms with Gasteiger partial charge in [-0.2, -0.15) is 0 Å². The molecule has 1 saturated heterocycles. The number of nitrogens with zero attached hydrogens (tertiary/aromatic N) is 2. The minimum Gasteiger partial charge on any atom is -0.496 e. The Morgan fingerprint density at radius 3 is 2.55 bits per heavy atom. The normalized spacial score (nSPS) is 14.9. The number of carbonyl (C=O) groups is 2. The molecule has 0 aromatic heterocycles. The van der Waals surface area contributed by atoms with Crippen LogP contribution in [0.5, 0.6) is 5.75 Å². The van der Waals surface area contributed by atoms with Crippen molar-refractivity contribution in [2.45, 2.75) is 13.0 Å². The van der Waals surface area contributed by atoms with Gasteiger partial charge in [-0.3, -0.25) is 14.5 Å². The highest BCUT2D eigenvalue weighted by molar-refractivity contribution is 5.94. The van der Waals surface area contributed by atoms with Gasteiger partial charge in [-0.25, -0.2) is 4.39 Å². The summed E-state index contributed by atoms with van der Waals surface area (Å²) < 4.78 is 18.4. The predicted octanol–water partition coefficient (Wildman–Crippen LogP) is 2.30. The second-order valence-electron chi connectivity index (χ2n) is 7.02. The molecule has 2 aromatic rings. The van der Waals surface area contributed by atoms with Gasteiger partial charge in [0.25, 0.3) is 5.91 Å². The quantitative estimate of drug-likeness (QED) is 0.810. The van der Waals surface area contributed by atoms with Gasteiger partial charge in [0, 0.05) is 43.9 Å². The van der Waals surface area contributed by atoms with Crippen molar-refractivity contribution in [3.05, 3.63) is 65.5 Å². The maximum atomic E-state index is 13.1. The van der Waals surface area contributed by atoms with Crippen LogP contribution in [0.3, 0.4) is 0 Å². The van der Waals surface area contributed by atoms with Crippen molar-refractivity contribution >= 4 is 11.8 Å². The van der Waals surface area contributed by atoms with E-state index in [1.165, 1.54) is 24.3 Å². The zero-order chi connectivity index (χ0) is 20.6. The minimum atomic E-state index is -0.359. The zero-order valence-electron chi connectivity index (χ0n) is 16.6. The first-order valence-electron chi connectivity index (χ1n) is 9.72. The van der Waals surface area contributed by atoms with E-state index in [2.05, 4.69) is 10.2 Å². The SMILES string of the molecule is COc1ccccc1CNC(=O)CN1CCCN(C(=O)c2ccc(F)cc2)CC1. The summed E-state index contributed by atoms with van der Waals surface area (Å²) in [6, 6.07) is 13.2. The van der Waals surface area contributed by atoms with Crippen molar-refractivity contribution in [3.8, 4) is 5.75 Å². The maximum absolute atomic E-state index is 13.1. The molecule has 1 N–H and O–H groups in total. The van der Waals surface area contributed by atoms with Gasteiger partial charge in [0.1, 0.15) is 11.6 Å². The average molecular weight is 399 g/mol. The molecule has 6 nitrogen and oxygen atoms in total. The van der Waals surface area contributed by atoms with Crippen LogP contribution in [0.25, 0.3) is 0 Å². The molecule has 3 rings (SSSR count). The summed E-state index contributed by atoms with van der Waals surface area (Å²) in [6.07, 6.45) is 0.784. The van der Waals surface area contributed by atoms with E-state index in [1.54, 1.807) is 12.0 Å². The van der Waals surface area contributed by atoms with E-state index in [4.69, 9.17) is 4.74 Å². The van der Waals surface area contributed by atoms with E-state index in [0.29, 0.717) is 31.7 Å². The van der Waals surface area contributed by atoms with Crippen LogP contribution in [-0.4, -0.2) is 61.4 Å². The van der Waals surface area contributed by atoms with Gasteiger partial charge in [-0.05, 0) is 36.8 Å². The number of hydrogen-bond donors (Lipinski definition) is 1. The first-order valence-corrected chi connectivity index (χ1v) is 9.72. The van der Waals surface area contributed by atoms with E-state index in [-0.39, 0.29) is 24.2 Å². The van der Waals surface area contributed by atoms with Crippen LogP contribution < -0.4 is 10.1 Å². The van der Waals surface area contributed by atoms with Crippen LogP contribution in [0.1, 0.15) is 22.3 Å². The van der Waals surface area contributed by atoms with Crippen LogP contribution >= 0.6 is 0 Å². The molecule has 1 heterocycles. The van der Waals surface area contributed by atoms with Crippen molar-refractivity contribution in [1.29, 1.82) is 0 Å². The number of benzene rings is 2. The largest absolute Gasteiger partial charge is 0.496 e. The molecule has 1 aliphatic rings. The highest BCUT2D eigenvalue weighted by Crippen LogP contribution is 2.16. The second-order valence-corrected chi connectivity index (χ2v) is 7.02. The molecular weight excluding hydrogens is 373 g/mol. The fourth-order valence-corrected chi connectivity index (χ4v) is 3.41. The Kier molecular flexibility index (Phi) is 7.19. The first kappa shape index (κ1) is 20.8. The Morgan fingerprint density at radius 1 is 1.03 bits per heavy atom. The van der Waals surface area contributed by atoms with Crippen molar-refractivity contribution in [2.24, 2.45) is 0 Å². The lowest BCUT2D eigenvalue weighted by Gasteiger charge is -2.22. The summed E-state index contributed by atoms with van der Waals surface area (Å²) in [4.78, 5) is 28.8. The molecule has 0 saturated carbocycles. The Labute approximate surface area is 170 Å². The Bertz CT molecular complexity index is 841. The molecule has 154 valence electrons. The van der Waals surface area contributed by atoms with E-state index < -0.39 is 0 Å². The number of rotatable bonds is 6. The summed E-state index contributed by atoms with van der Waals surface area (Å²) in [5, 5.41) is 2.93. The Morgan fingerprint density at radius 2 is 1.79 bits per heavy atom. The van der Waals surface area contributed by atoms with E-state index in [9.17, 15) is 14.0 Å². The lowest BCUT2D eigenvalue weighted by Crippen LogP contribution is -2.39. The van der Waals surface area contributed by atoms with Crippen molar-refractivity contribution in [2.75, 3.05) is 39.8 Å². The second kappa shape index (κ2) is 10.0. The average Bonchev–Trinajstić information content (AvgIpc) is 2.98. The van der Waals surface area contributed by atoms with E-state index >= 15 is 0 Å². The van der Waals surface area contributed by atoms with Crippen LogP contribution in [0.4, 0.5) is 4.39 Å². The molecular formula is C22H26FN3O3. The van der Waals surface area contributed by atoms with Crippen LogP contribution in [0.15, 0.2) is 48.5 Å². The number of hydrogen-bond acceptors (Lipinski definition) is 4. The van der Waals surface area contributed by atoms with Crippen LogP contribution in [-0.2, 0) is 11.3 Å². The Balaban J connectivity index is 1.48. The first-order chi connectivity index (χ1) is 14.1. The monoisotopic (exact) mass is 399 g/mol. The van der Waals surface area contributed by atoms with Crippen molar-refractivity contribution in [1.82, 2.24) is 15.1 Å². The number of para-hydroxylation sites is 1. The van der Waals surface area contributed by atoms with Gasteiger partial charge in [0.05, 0.1) is 13.7 Å². The molecule has 0 radical (unpaired) electrons. The van der Waals surface area contributed by atoms with Gasteiger partial charge in [0.2, 0.25) is 5.91 Å². The minimum absolute atomic E-state index is 0.0609. The number of ether oxygens (including phenoxy) is 1. The van der Waals surface area contributed by atoms with Crippen LogP contribution in [0, 0.1) is 5.82 Å². The molecule has 1 fully saturated rings. The smallest absolute Gasteiger partial charge is 0.253 e. The number of amides is 2. The molecule has 29 heavy (non-hydrogen) atoms. The number of nitrogens with one attached hydrogen (secondary N) is 1. The fraction of sp³-hybridized carbons (Fsp3) is 0.364. The summed E-state index contributed by atoms with van der Waals surface area (Å²) in [5.74, 6) is 0.224. The topological polar surface area (TPSA) is 61.9 Å². The van der Waals surface area contributed by atoms with Gasteiger partial charge in [0.15, 0.2) is 0 Å². The maximum Gasteiger partial charge on any atom is 0.253 e. The van der Waals surface area contributed by atoms with Crippen LogP contribution in [0.2, 0.25) is 0 Å². The Hall–Kier alpha value is -2.93. The molecule has 7 heteroatoms. The lowest BCUT2D eigenvalue weighted by molar-refractivity contribution is -0.122. The molecule has 0 unspecified atom stereocenters. The third kappa shape index (κ3) is 5.77. The van der Waals surface area contributed by atoms with E-state index in [1.807, 2.05) is 24.3 Å². The predicted molar refractivity (Wildman–Crippen MR) is 108 cm³/mol. The standard InChI is InChI=1S/C22H26FN3O3/c1-29-20-6-3-2-5-18(20)15-24-21(27)16-25-11-4-12-26(14-13-25)22(28)17-7-9-19(23)10-8-17/h2-3,5-10H,4,11-16H2,1H3,(H,24,27). The van der Waals surface area contributed by atoms with Gasteiger partial charge in [-0.1, -0.05) is 18.2 Å². The molecule has 0 atom stereocenters. The summed E-state index contributed by atoms with van der Waals surface area (Å²) in [7, 11) is 1.61. The molecule has 2 amide bonds. The molecule has 1 aliphatic heterocycles. The van der Waals surface area contributed by atoms with Crippen molar-refractivity contribution in [3.63, 3.8) is 0 Å². The zero-order valence-corrected chi connectivity index (χ0v) is 16.6. The van der Waals surface area contributed by atoms with E-state index in [0.717, 1.165) is 24.3 Å². The highest BCUT2D eigenvalue weighted by Gasteiger charge is 2.21. The molecule has 0 spiro atoms. The molecule has 2 aromatic carbocycles. The third-order valence-corrected chi connectivity index (χ3v) is 5.00. The lowest BCUT2D eigenvalue weighted by atomic mass is 10.2. The number of halogens is 1. The highest BCUT2D eigenvalue weighted by atomic mass is 19.1. The van der Waals surface area contributed by atoms with Gasteiger partial charge >= 0.3 is 0 Å². The molecule has 0 bridgehead atoms. The summed E-state index contributed by atoms with van der Waals surface area (Å²) >= 11 is 0. The van der Waals surface area contributed by atoms with Gasteiger partial charge in [-0.15, -0.1) is 0 Å². The molecule has 0 aliphatic carbocycles. The summed E-state index contributed by atoms with van der Waals surface area (Å²) in [6.45, 7) is 3.22. The van der Waals surface area contributed by atoms with Crippen molar-refractivity contribution < 1.29 is 18.7 Å². The number of methoxy groups -OCH3 is 1. The number of carbonyl (C=O) groups excluding carboxylic acids is 2. The summed E-state index contributed by atoms with van der Waals surface area (Å²) in [5.41, 5.74) is 1.41. The third-order valence-electron chi connectivity index (χ3n) is 5.00.